The highest BCUT2D eigenvalue weighted by molar-refractivity contribution is 9.10. The normalized spacial score (nSPS) is 11.8. The molecule has 0 aliphatic rings. The first-order valence-electron chi connectivity index (χ1n) is 6.29. The third kappa shape index (κ3) is 4.20. The molecule has 0 saturated carbocycles. The number of amides is 1. The fraction of sp³-hybridized carbons (Fsp3) is 0.429. The highest BCUT2D eigenvalue weighted by Crippen LogP contribution is 2.26. The number of nitrogens with one attached hydrogen (secondary N) is 2. The third-order valence-electron chi connectivity index (χ3n) is 2.65. The van der Waals surface area contributed by atoms with Gasteiger partial charge in [0.25, 0.3) is 0 Å². The topological polar surface area (TPSA) is 64.9 Å². The lowest BCUT2D eigenvalue weighted by atomic mass is 10.2. The number of hydrogen-bond donors (Lipinski definition) is 2. The Kier molecular flexibility index (Phi) is 5.96. The summed E-state index contributed by atoms with van der Waals surface area (Å²) in [4.78, 5) is 11.8. The van der Waals surface area contributed by atoms with Crippen LogP contribution in [0.3, 0.4) is 0 Å². The number of hydrogen-bond acceptors (Lipinski definition) is 3. The molecule has 1 aromatic rings. The van der Waals surface area contributed by atoms with Gasteiger partial charge in [-0.15, -0.1) is 0 Å². The molecule has 1 rings (SSSR count). The number of rotatable bonds is 5. The van der Waals surface area contributed by atoms with Crippen LogP contribution in [0.5, 0.6) is 0 Å². The van der Waals surface area contributed by atoms with E-state index in [2.05, 4.69) is 26.6 Å². The summed E-state index contributed by atoms with van der Waals surface area (Å²) < 4.78 is 14.1. The summed E-state index contributed by atoms with van der Waals surface area (Å²) in [5.74, 6) is -0.418. The van der Waals surface area contributed by atoms with Crippen LogP contribution in [0.4, 0.5) is 10.1 Å². The SMILES string of the molecule is CC(C)CNC(=O)C(C)Nc1ccc(C#N)c(Br)c1F. The maximum absolute atomic E-state index is 14.0. The number of carbonyl (C=O) groups excluding carboxylic acids is 1. The van der Waals surface area contributed by atoms with Crippen LogP contribution in [0.2, 0.25) is 0 Å². The van der Waals surface area contributed by atoms with Crippen LogP contribution >= 0.6 is 15.9 Å². The van der Waals surface area contributed by atoms with Gasteiger partial charge in [-0.1, -0.05) is 13.8 Å². The van der Waals surface area contributed by atoms with Crippen molar-refractivity contribution in [1.29, 1.82) is 5.26 Å². The molecule has 0 aliphatic carbocycles. The van der Waals surface area contributed by atoms with Gasteiger partial charge in [-0.2, -0.15) is 5.26 Å². The maximum atomic E-state index is 14.0. The van der Waals surface area contributed by atoms with Crippen molar-refractivity contribution < 1.29 is 9.18 Å². The monoisotopic (exact) mass is 341 g/mol. The van der Waals surface area contributed by atoms with Crippen LogP contribution in [0.15, 0.2) is 16.6 Å². The van der Waals surface area contributed by atoms with Crippen LogP contribution in [0.1, 0.15) is 26.3 Å². The summed E-state index contributed by atoms with van der Waals surface area (Å²) in [5.41, 5.74) is 0.396. The molecule has 0 bridgehead atoms. The Balaban J connectivity index is 2.76. The van der Waals surface area contributed by atoms with Gasteiger partial charge in [0, 0.05) is 6.54 Å². The standard InChI is InChI=1S/C14H17BrFN3O/c1-8(2)7-18-14(20)9(3)19-11-5-4-10(6-17)12(15)13(11)16/h4-5,8-9,19H,7H2,1-3H3,(H,18,20). The lowest BCUT2D eigenvalue weighted by Gasteiger charge is -2.17. The summed E-state index contributed by atoms with van der Waals surface area (Å²) in [6.45, 7) is 6.22. The van der Waals surface area contributed by atoms with E-state index in [0.717, 1.165) is 0 Å². The van der Waals surface area contributed by atoms with E-state index in [0.29, 0.717) is 12.5 Å². The molecule has 0 radical (unpaired) electrons. The molecule has 0 heterocycles. The lowest BCUT2D eigenvalue weighted by molar-refractivity contribution is -0.121. The molecule has 1 amide bonds. The van der Waals surface area contributed by atoms with Gasteiger partial charge in [-0.3, -0.25) is 4.79 Å². The van der Waals surface area contributed by atoms with Crippen molar-refractivity contribution in [1.82, 2.24) is 5.32 Å². The van der Waals surface area contributed by atoms with E-state index in [1.165, 1.54) is 12.1 Å². The number of nitriles is 1. The number of nitrogens with zero attached hydrogens (tertiary/aromatic N) is 1. The van der Waals surface area contributed by atoms with Gasteiger partial charge in [0.2, 0.25) is 5.91 Å². The van der Waals surface area contributed by atoms with E-state index in [9.17, 15) is 9.18 Å². The molecular formula is C14H17BrFN3O. The Morgan fingerprint density at radius 2 is 2.10 bits per heavy atom. The second-order valence-corrected chi connectivity index (χ2v) is 5.70. The zero-order valence-electron chi connectivity index (χ0n) is 11.6. The highest BCUT2D eigenvalue weighted by atomic mass is 79.9. The van der Waals surface area contributed by atoms with Crippen molar-refractivity contribution in [2.45, 2.75) is 26.8 Å². The first-order chi connectivity index (χ1) is 9.36. The van der Waals surface area contributed by atoms with Gasteiger partial charge in [-0.25, -0.2) is 4.39 Å². The number of carbonyl (C=O) groups is 1. The molecule has 2 N–H and O–H groups in total. The highest BCUT2D eigenvalue weighted by Gasteiger charge is 2.17. The van der Waals surface area contributed by atoms with Crippen LogP contribution in [0, 0.1) is 23.1 Å². The molecule has 1 unspecified atom stereocenters. The smallest absolute Gasteiger partial charge is 0.242 e. The van der Waals surface area contributed by atoms with Crippen molar-refractivity contribution in [3.63, 3.8) is 0 Å². The van der Waals surface area contributed by atoms with Gasteiger partial charge in [0.15, 0.2) is 5.82 Å². The predicted molar refractivity (Wildman–Crippen MR) is 79.7 cm³/mol. The maximum Gasteiger partial charge on any atom is 0.242 e. The van der Waals surface area contributed by atoms with Gasteiger partial charge < -0.3 is 10.6 Å². The van der Waals surface area contributed by atoms with Crippen molar-refractivity contribution in [2.75, 3.05) is 11.9 Å². The van der Waals surface area contributed by atoms with Crippen molar-refractivity contribution >= 4 is 27.5 Å². The summed E-state index contributed by atoms with van der Waals surface area (Å²) >= 11 is 3.03. The molecule has 0 aliphatic heterocycles. The molecular weight excluding hydrogens is 325 g/mol. The minimum absolute atomic E-state index is 0.0970. The zero-order valence-corrected chi connectivity index (χ0v) is 13.2. The summed E-state index contributed by atoms with van der Waals surface area (Å²) in [6, 6.07) is 4.26. The molecule has 0 saturated heterocycles. The molecule has 1 aromatic carbocycles. The zero-order chi connectivity index (χ0) is 15.3. The Bertz CT molecular complexity index is 540. The fourth-order valence-corrected chi connectivity index (χ4v) is 1.94. The minimum atomic E-state index is -0.576. The van der Waals surface area contributed by atoms with Crippen LogP contribution < -0.4 is 10.6 Å². The van der Waals surface area contributed by atoms with Crippen LogP contribution in [-0.4, -0.2) is 18.5 Å². The predicted octanol–water partition coefficient (Wildman–Crippen LogP) is 3.03. The number of anilines is 1. The molecule has 20 heavy (non-hydrogen) atoms. The lowest BCUT2D eigenvalue weighted by Crippen LogP contribution is -2.39. The van der Waals surface area contributed by atoms with Gasteiger partial charge >= 0.3 is 0 Å². The molecule has 4 nitrogen and oxygen atoms in total. The van der Waals surface area contributed by atoms with E-state index in [1.807, 2.05) is 19.9 Å². The molecule has 0 fully saturated rings. The van der Waals surface area contributed by atoms with Crippen LogP contribution in [-0.2, 0) is 4.79 Å². The Morgan fingerprint density at radius 1 is 1.45 bits per heavy atom. The molecule has 6 heteroatoms. The second-order valence-electron chi connectivity index (χ2n) is 4.91. The first-order valence-corrected chi connectivity index (χ1v) is 7.08. The summed E-state index contributed by atoms with van der Waals surface area (Å²) in [5, 5.41) is 14.4. The minimum Gasteiger partial charge on any atom is -0.371 e. The first kappa shape index (κ1) is 16.4. The average Bonchev–Trinajstić information content (AvgIpc) is 2.41. The quantitative estimate of drug-likeness (QED) is 0.865. The van der Waals surface area contributed by atoms with Crippen LogP contribution in [0.25, 0.3) is 0 Å². The fourth-order valence-electron chi connectivity index (χ4n) is 1.50. The van der Waals surface area contributed by atoms with Crippen molar-refractivity contribution in [3.05, 3.63) is 28.0 Å². The molecule has 0 spiro atoms. The second kappa shape index (κ2) is 7.25. The average molecular weight is 342 g/mol. The van der Waals surface area contributed by atoms with E-state index in [1.54, 1.807) is 6.92 Å². The molecule has 1 atom stereocenters. The van der Waals surface area contributed by atoms with Crippen molar-refractivity contribution in [3.8, 4) is 6.07 Å². The number of benzene rings is 1. The van der Waals surface area contributed by atoms with E-state index < -0.39 is 11.9 Å². The summed E-state index contributed by atoms with van der Waals surface area (Å²) in [6.07, 6.45) is 0. The van der Waals surface area contributed by atoms with E-state index in [-0.39, 0.29) is 21.6 Å². The molecule has 0 aromatic heterocycles. The third-order valence-corrected chi connectivity index (χ3v) is 3.43. The van der Waals surface area contributed by atoms with E-state index in [4.69, 9.17) is 5.26 Å². The Morgan fingerprint density at radius 3 is 2.65 bits per heavy atom. The number of halogens is 2. The van der Waals surface area contributed by atoms with Gasteiger partial charge in [0.1, 0.15) is 12.1 Å². The van der Waals surface area contributed by atoms with Gasteiger partial charge in [-0.05, 0) is 40.9 Å². The Labute approximate surface area is 126 Å². The van der Waals surface area contributed by atoms with Gasteiger partial charge in [0.05, 0.1) is 15.7 Å². The summed E-state index contributed by atoms with van der Waals surface area (Å²) in [7, 11) is 0. The largest absolute Gasteiger partial charge is 0.371 e. The Hall–Kier alpha value is -1.61. The van der Waals surface area contributed by atoms with Crippen molar-refractivity contribution in [2.24, 2.45) is 5.92 Å². The van der Waals surface area contributed by atoms with E-state index >= 15 is 0 Å². The molecule has 108 valence electrons.